The molecule has 8 heteroatoms. The molecule has 0 atom stereocenters. The van der Waals surface area contributed by atoms with E-state index in [0.717, 1.165) is 12.5 Å². The maximum atomic E-state index is 11.2. The molecule has 1 N–H and O–H groups in total. The van der Waals surface area contributed by atoms with Crippen molar-refractivity contribution in [3.63, 3.8) is 0 Å². The summed E-state index contributed by atoms with van der Waals surface area (Å²) in [7, 11) is 0. The van der Waals surface area contributed by atoms with Gasteiger partial charge in [-0.1, -0.05) is 0 Å². The standard InChI is InChI=1S/C13H11IN2O5/c14-9-4-8(7-15)5-10(16(19)20)12(9)21-13(2-1-3-13)6-11(17)18/h4-5H,1-3,6H2,(H,17,18). The van der Waals surface area contributed by atoms with Crippen molar-refractivity contribution >= 4 is 34.2 Å². The van der Waals surface area contributed by atoms with E-state index >= 15 is 0 Å². The summed E-state index contributed by atoms with van der Waals surface area (Å²) in [6, 6.07) is 4.48. The minimum atomic E-state index is -0.999. The highest BCUT2D eigenvalue weighted by atomic mass is 127. The molecule has 0 aliphatic heterocycles. The molecule has 1 fully saturated rings. The number of aliphatic carboxylic acids is 1. The average molecular weight is 402 g/mol. The van der Waals surface area contributed by atoms with Crippen LogP contribution in [-0.2, 0) is 4.79 Å². The number of carboxylic acid groups (broad SMARTS) is 1. The fourth-order valence-electron chi connectivity index (χ4n) is 2.26. The van der Waals surface area contributed by atoms with Gasteiger partial charge in [0.05, 0.1) is 26.5 Å². The number of hydrogen-bond donors (Lipinski definition) is 1. The molecule has 0 aromatic heterocycles. The second-order valence-corrected chi connectivity index (χ2v) is 6.05. The molecule has 21 heavy (non-hydrogen) atoms. The molecule has 1 aliphatic rings. The lowest BCUT2D eigenvalue weighted by Gasteiger charge is -2.40. The maximum absolute atomic E-state index is 11.2. The molecule has 0 amide bonds. The highest BCUT2D eigenvalue weighted by Gasteiger charge is 2.43. The van der Waals surface area contributed by atoms with Crippen LogP contribution in [0, 0.1) is 25.0 Å². The Morgan fingerprint density at radius 3 is 2.67 bits per heavy atom. The first kappa shape index (κ1) is 15.5. The van der Waals surface area contributed by atoms with Gasteiger partial charge in [-0.05, 0) is 47.9 Å². The van der Waals surface area contributed by atoms with Crippen LogP contribution in [0.2, 0.25) is 0 Å². The largest absolute Gasteiger partial charge is 0.481 e. The number of nitro benzene ring substituents is 1. The van der Waals surface area contributed by atoms with Gasteiger partial charge < -0.3 is 9.84 Å². The minimum absolute atomic E-state index is 0.0422. The molecular formula is C13H11IN2O5. The van der Waals surface area contributed by atoms with Crippen LogP contribution in [-0.4, -0.2) is 21.6 Å². The third-order valence-corrected chi connectivity index (χ3v) is 4.21. The van der Waals surface area contributed by atoms with Gasteiger partial charge in [0.2, 0.25) is 5.75 Å². The quantitative estimate of drug-likeness (QED) is 0.460. The Bertz CT molecular complexity index is 649. The summed E-state index contributed by atoms with van der Waals surface area (Å²) in [6.45, 7) is 0. The molecule has 0 heterocycles. The second-order valence-electron chi connectivity index (χ2n) is 4.88. The lowest BCUT2D eigenvalue weighted by molar-refractivity contribution is -0.386. The number of ether oxygens (including phenoxy) is 1. The number of halogens is 1. The van der Waals surface area contributed by atoms with Gasteiger partial charge in [-0.15, -0.1) is 0 Å². The van der Waals surface area contributed by atoms with E-state index in [-0.39, 0.29) is 23.4 Å². The SMILES string of the molecule is N#Cc1cc(I)c(OC2(CC(=O)O)CCC2)c([N+](=O)[O-])c1. The van der Waals surface area contributed by atoms with E-state index in [1.165, 1.54) is 6.07 Å². The fraction of sp³-hybridized carbons (Fsp3) is 0.385. The molecule has 1 aliphatic carbocycles. The van der Waals surface area contributed by atoms with E-state index in [2.05, 4.69) is 0 Å². The van der Waals surface area contributed by atoms with Crippen LogP contribution >= 0.6 is 22.6 Å². The normalized spacial score (nSPS) is 15.6. The predicted molar refractivity (Wildman–Crippen MR) is 80.0 cm³/mol. The van der Waals surface area contributed by atoms with E-state index in [0.29, 0.717) is 16.4 Å². The molecular weight excluding hydrogens is 391 g/mol. The molecule has 0 saturated heterocycles. The van der Waals surface area contributed by atoms with Gasteiger partial charge in [0.15, 0.2) is 0 Å². The van der Waals surface area contributed by atoms with Gasteiger partial charge in [0, 0.05) is 6.07 Å². The monoisotopic (exact) mass is 402 g/mol. The molecule has 2 rings (SSSR count). The van der Waals surface area contributed by atoms with Crippen LogP contribution in [0.3, 0.4) is 0 Å². The van der Waals surface area contributed by atoms with Gasteiger partial charge in [-0.3, -0.25) is 14.9 Å². The number of hydrogen-bond acceptors (Lipinski definition) is 5. The summed E-state index contributed by atoms with van der Waals surface area (Å²) in [5, 5.41) is 29.0. The summed E-state index contributed by atoms with van der Waals surface area (Å²) in [5.74, 6) is -0.957. The Hall–Kier alpha value is -1.89. The second kappa shape index (κ2) is 5.85. The van der Waals surface area contributed by atoms with Crippen LogP contribution in [0.4, 0.5) is 5.69 Å². The maximum Gasteiger partial charge on any atom is 0.313 e. The Morgan fingerprint density at radius 2 is 2.24 bits per heavy atom. The lowest BCUT2D eigenvalue weighted by Crippen LogP contribution is -2.45. The minimum Gasteiger partial charge on any atom is -0.481 e. The smallest absolute Gasteiger partial charge is 0.313 e. The van der Waals surface area contributed by atoms with Crippen molar-refractivity contribution in [1.29, 1.82) is 5.26 Å². The predicted octanol–water partition coefficient (Wildman–Crippen LogP) is 2.85. The topological polar surface area (TPSA) is 113 Å². The number of rotatable bonds is 5. The third-order valence-electron chi connectivity index (χ3n) is 3.41. The number of nitrogens with zero attached hydrogens (tertiary/aromatic N) is 2. The van der Waals surface area contributed by atoms with Crippen molar-refractivity contribution in [2.75, 3.05) is 0 Å². The highest BCUT2D eigenvalue weighted by molar-refractivity contribution is 14.1. The van der Waals surface area contributed by atoms with Crippen molar-refractivity contribution in [2.24, 2.45) is 0 Å². The Kier molecular flexibility index (Phi) is 4.32. The Balaban J connectivity index is 2.41. The Morgan fingerprint density at radius 1 is 1.57 bits per heavy atom. The van der Waals surface area contributed by atoms with E-state index in [1.807, 2.05) is 28.7 Å². The molecule has 1 aromatic rings. The van der Waals surface area contributed by atoms with Gasteiger partial charge in [0.25, 0.3) is 0 Å². The Labute approximate surface area is 133 Å². The van der Waals surface area contributed by atoms with Crippen LogP contribution in [0.5, 0.6) is 5.75 Å². The third kappa shape index (κ3) is 3.24. The number of benzene rings is 1. The molecule has 0 radical (unpaired) electrons. The molecule has 110 valence electrons. The first-order chi connectivity index (χ1) is 9.87. The molecule has 1 aromatic carbocycles. The van der Waals surface area contributed by atoms with Gasteiger partial charge in [-0.25, -0.2) is 0 Å². The van der Waals surface area contributed by atoms with Crippen molar-refractivity contribution in [1.82, 2.24) is 0 Å². The van der Waals surface area contributed by atoms with Crippen molar-refractivity contribution in [2.45, 2.75) is 31.3 Å². The number of nitro groups is 1. The first-order valence-electron chi connectivity index (χ1n) is 6.16. The summed E-state index contributed by atoms with van der Waals surface area (Å²) in [5.41, 5.74) is -1.03. The number of carbonyl (C=O) groups is 1. The number of nitriles is 1. The van der Waals surface area contributed by atoms with Crippen LogP contribution < -0.4 is 4.74 Å². The van der Waals surface area contributed by atoms with Gasteiger partial charge in [0.1, 0.15) is 5.60 Å². The van der Waals surface area contributed by atoms with E-state index in [9.17, 15) is 14.9 Å². The van der Waals surface area contributed by atoms with E-state index in [4.69, 9.17) is 15.1 Å². The average Bonchev–Trinajstić information content (AvgIpc) is 2.36. The molecule has 7 nitrogen and oxygen atoms in total. The molecule has 1 saturated carbocycles. The van der Waals surface area contributed by atoms with Gasteiger partial charge in [-0.2, -0.15) is 5.26 Å². The molecule has 0 unspecified atom stereocenters. The number of carboxylic acids is 1. The first-order valence-corrected chi connectivity index (χ1v) is 7.23. The molecule has 0 bridgehead atoms. The van der Waals surface area contributed by atoms with Crippen LogP contribution in [0.15, 0.2) is 12.1 Å². The van der Waals surface area contributed by atoms with Gasteiger partial charge >= 0.3 is 11.7 Å². The van der Waals surface area contributed by atoms with E-state index < -0.39 is 16.5 Å². The molecule has 0 spiro atoms. The summed E-state index contributed by atoms with van der Waals surface area (Å²) in [6.07, 6.45) is 1.73. The zero-order valence-electron chi connectivity index (χ0n) is 10.8. The summed E-state index contributed by atoms with van der Waals surface area (Å²) >= 11 is 1.85. The van der Waals surface area contributed by atoms with E-state index in [1.54, 1.807) is 0 Å². The van der Waals surface area contributed by atoms with Crippen molar-refractivity contribution in [3.8, 4) is 11.8 Å². The summed E-state index contributed by atoms with van der Waals surface area (Å²) in [4.78, 5) is 21.5. The van der Waals surface area contributed by atoms with Crippen LogP contribution in [0.1, 0.15) is 31.2 Å². The zero-order chi connectivity index (χ0) is 15.6. The zero-order valence-corrected chi connectivity index (χ0v) is 13.0. The lowest BCUT2D eigenvalue weighted by atomic mass is 9.77. The van der Waals surface area contributed by atoms with Crippen LogP contribution in [0.25, 0.3) is 0 Å². The fourth-order valence-corrected chi connectivity index (χ4v) is 2.98. The van der Waals surface area contributed by atoms with Crippen molar-refractivity contribution in [3.05, 3.63) is 31.4 Å². The summed E-state index contributed by atoms with van der Waals surface area (Å²) < 4.78 is 6.16. The van der Waals surface area contributed by atoms with Crippen molar-refractivity contribution < 1.29 is 19.6 Å². The highest BCUT2D eigenvalue weighted by Crippen LogP contribution is 2.44.